The zero-order valence-electron chi connectivity index (χ0n) is 12.6. The van der Waals surface area contributed by atoms with Gasteiger partial charge in [-0.25, -0.2) is 0 Å². The number of nitrogens with zero attached hydrogens (tertiary/aromatic N) is 1. The summed E-state index contributed by atoms with van der Waals surface area (Å²) < 4.78 is 2.48. The highest BCUT2D eigenvalue weighted by Crippen LogP contribution is 2.22. The number of nitrogens with one attached hydrogen (secondary N) is 1. The van der Waals surface area contributed by atoms with Gasteiger partial charge in [-0.1, -0.05) is 52.3 Å². The largest absolute Gasteiger partial charge is 0.343 e. The Balaban J connectivity index is 2.34. The van der Waals surface area contributed by atoms with Gasteiger partial charge in [0.25, 0.3) is 0 Å². The third-order valence-corrected chi connectivity index (χ3v) is 3.78. The van der Waals surface area contributed by atoms with Crippen molar-refractivity contribution in [3.63, 3.8) is 0 Å². The van der Waals surface area contributed by atoms with E-state index in [1.165, 1.54) is 23.0 Å². The molecule has 2 aromatic rings. The van der Waals surface area contributed by atoms with Crippen LogP contribution in [0.1, 0.15) is 39.8 Å². The van der Waals surface area contributed by atoms with Crippen molar-refractivity contribution in [2.45, 2.75) is 53.2 Å². The number of fused-ring (bicyclic) bond motifs is 1. The number of aromatic nitrogens is 1. The molecule has 0 saturated heterocycles. The van der Waals surface area contributed by atoms with Crippen molar-refractivity contribution in [2.24, 2.45) is 5.92 Å². The first-order chi connectivity index (χ1) is 9.11. The maximum absolute atomic E-state index is 3.53. The van der Waals surface area contributed by atoms with Gasteiger partial charge >= 0.3 is 0 Å². The van der Waals surface area contributed by atoms with Gasteiger partial charge in [-0.2, -0.15) is 0 Å². The zero-order valence-corrected chi connectivity index (χ0v) is 12.6. The van der Waals surface area contributed by atoms with E-state index >= 15 is 0 Å². The summed E-state index contributed by atoms with van der Waals surface area (Å²) in [6, 6.07) is 11.5. The lowest BCUT2D eigenvalue weighted by molar-refractivity contribution is 0.459. The van der Waals surface area contributed by atoms with E-state index in [9.17, 15) is 0 Å². The quantitative estimate of drug-likeness (QED) is 0.822. The SMILES string of the molecule is CCC(C)Cn1c(CNC(C)C)cc2ccccc21. The number of hydrogen-bond acceptors (Lipinski definition) is 1. The first-order valence-electron chi connectivity index (χ1n) is 7.42. The summed E-state index contributed by atoms with van der Waals surface area (Å²) in [5.74, 6) is 0.716. The highest BCUT2D eigenvalue weighted by Gasteiger charge is 2.10. The summed E-state index contributed by atoms with van der Waals surface area (Å²) in [4.78, 5) is 0. The molecule has 2 rings (SSSR count). The van der Waals surface area contributed by atoms with E-state index in [-0.39, 0.29) is 0 Å². The minimum Gasteiger partial charge on any atom is -0.343 e. The third-order valence-electron chi connectivity index (χ3n) is 3.78. The Morgan fingerprint density at radius 1 is 1.16 bits per heavy atom. The van der Waals surface area contributed by atoms with Gasteiger partial charge in [-0.3, -0.25) is 0 Å². The monoisotopic (exact) mass is 258 g/mol. The minimum atomic E-state index is 0.523. The summed E-state index contributed by atoms with van der Waals surface area (Å²) >= 11 is 0. The number of benzene rings is 1. The second-order valence-corrected chi connectivity index (χ2v) is 5.85. The molecule has 2 heteroatoms. The highest BCUT2D eigenvalue weighted by molar-refractivity contribution is 5.81. The maximum atomic E-state index is 3.53. The summed E-state index contributed by atoms with van der Waals surface area (Å²) in [7, 11) is 0. The van der Waals surface area contributed by atoms with Crippen LogP contribution in [-0.2, 0) is 13.1 Å². The Hall–Kier alpha value is -1.28. The molecule has 0 radical (unpaired) electrons. The van der Waals surface area contributed by atoms with Crippen molar-refractivity contribution in [3.8, 4) is 0 Å². The second-order valence-electron chi connectivity index (χ2n) is 5.85. The van der Waals surface area contributed by atoms with Crippen LogP contribution in [0.3, 0.4) is 0 Å². The van der Waals surface area contributed by atoms with Crippen LogP contribution >= 0.6 is 0 Å². The first kappa shape index (κ1) is 14.1. The lowest BCUT2D eigenvalue weighted by atomic mass is 10.1. The van der Waals surface area contributed by atoms with Gasteiger partial charge in [-0.05, 0) is 23.4 Å². The van der Waals surface area contributed by atoms with Crippen molar-refractivity contribution in [3.05, 3.63) is 36.0 Å². The van der Waals surface area contributed by atoms with Crippen LogP contribution < -0.4 is 5.32 Å². The fraction of sp³-hybridized carbons (Fsp3) is 0.529. The molecular weight excluding hydrogens is 232 g/mol. The summed E-state index contributed by atoms with van der Waals surface area (Å²) in [5, 5.41) is 4.89. The fourth-order valence-electron chi connectivity index (χ4n) is 2.38. The van der Waals surface area contributed by atoms with Crippen LogP contribution in [0.5, 0.6) is 0 Å². The lowest BCUT2D eigenvalue weighted by Crippen LogP contribution is -2.24. The average Bonchev–Trinajstić information content (AvgIpc) is 2.74. The summed E-state index contributed by atoms with van der Waals surface area (Å²) in [6.45, 7) is 11.0. The van der Waals surface area contributed by atoms with E-state index in [4.69, 9.17) is 0 Å². The molecule has 0 aliphatic carbocycles. The topological polar surface area (TPSA) is 17.0 Å². The number of para-hydroxylation sites is 1. The molecule has 1 aromatic carbocycles. The Labute approximate surface area is 116 Å². The van der Waals surface area contributed by atoms with Crippen molar-refractivity contribution < 1.29 is 0 Å². The molecule has 0 saturated carbocycles. The molecule has 19 heavy (non-hydrogen) atoms. The maximum Gasteiger partial charge on any atom is 0.0483 e. The molecule has 2 nitrogen and oxygen atoms in total. The predicted octanol–water partition coefficient (Wildman–Crippen LogP) is 4.19. The fourth-order valence-corrected chi connectivity index (χ4v) is 2.38. The Bertz CT molecular complexity index is 525. The Morgan fingerprint density at radius 3 is 2.58 bits per heavy atom. The second kappa shape index (κ2) is 6.25. The highest BCUT2D eigenvalue weighted by atomic mass is 15.0. The molecule has 0 amide bonds. The molecule has 0 fully saturated rings. The molecule has 1 heterocycles. The number of rotatable bonds is 6. The molecule has 104 valence electrons. The van der Waals surface area contributed by atoms with Crippen LogP contribution in [0.4, 0.5) is 0 Å². The van der Waals surface area contributed by atoms with E-state index in [1.807, 2.05) is 0 Å². The number of hydrogen-bond donors (Lipinski definition) is 1. The van der Waals surface area contributed by atoms with Crippen molar-refractivity contribution in [1.29, 1.82) is 0 Å². The molecule has 1 N–H and O–H groups in total. The van der Waals surface area contributed by atoms with Gasteiger partial charge in [0.15, 0.2) is 0 Å². The van der Waals surface area contributed by atoms with Crippen LogP contribution in [0.2, 0.25) is 0 Å². The van der Waals surface area contributed by atoms with Gasteiger partial charge in [0.05, 0.1) is 0 Å². The smallest absolute Gasteiger partial charge is 0.0483 e. The van der Waals surface area contributed by atoms with Crippen LogP contribution in [0.15, 0.2) is 30.3 Å². The molecule has 0 spiro atoms. The van der Waals surface area contributed by atoms with Crippen LogP contribution in [0, 0.1) is 5.92 Å². The van der Waals surface area contributed by atoms with E-state index in [2.05, 4.69) is 67.9 Å². The molecule has 0 aliphatic rings. The van der Waals surface area contributed by atoms with Gasteiger partial charge in [0, 0.05) is 30.3 Å². The van der Waals surface area contributed by atoms with Crippen molar-refractivity contribution in [2.75, 3.05) is 0 Å². The Morgan fingerprint density at radius 2 is 1.89 bits per heavy atom. The minimum absolute atomic E-state index is 0.523. The average molecular weight is 258 g/mol. The van der Waals surface area contributed by atoms with Crippen LogP contribution in [-0.4, -0.2) is 10.6 Å². The first-order valence-corrected chi connectivity index (χ1v) is 7.42. The lowest BCUT2D eigenvalue weighted by Gasteiger charge is -2.16. The molecule has 1 aromatic heterocycles. The van der Waals surface area contributed by atoms with Gasteiger partial charge in [0.2, 0.25) is 0 Å². The summed E-state index contributed by atoms with van der Waals surface area (Å²) in [5.41, 5.74) is 2.76. The van der Waals surface area contributed by atoms with Gasteiger partial charge in [-0.15, -0.1) is 0 Å². The molecule has 0 bridgehead atoms. The van der Waals surface area contributed by atoms with Gasteiger partial charge < -0.3 is 9.88 Å². The molecular formula is C17H26N2. The third kappa shape index (κ3) is 3.38. The van der Waals surface area contributed by atoms with E-state index in [0.717, 1.165) is 13.1 Å². The van der Waals surface area contributed by atoms with Crippen LogP contribution in [0.25, 0.3) is 10.9 Å². The van der Waals surface area contributed by atoms with E-state index < -0.39 is 0 Å². The van der Waals surface area contributed by atoms with E-state index in [1.54, 1.807) is 0 Å². The standard InChI is InChI=1S/C17H26N2/c1-5-14(4)12-19-16(11-18-13(2)3)10-15-8-6-7-9-17(15)19/h6-10,13-14,18H,5,11-12H2,1-4H3. The van der Waals surface area contributed by atoms with Crippen molar-refractivity contribution in [1.82, 2.24) is 9.88 Å². The zero-order chi connectivity index (χ0) is 13.8. The molecule has 1 atom stereocenters. The predicted molar refractivity (Wildman–Crippen MR) is 83.4 cm³/mol. The van der Waals surface area contributed by atoms with E-state index in [0.29, 0.717) is 12.0 Å². The Kier molecular flexibility index (Phi) is 4.65. The van der Waals surface area contributed by atoms with Gasteiger partial charge in [0.1, 0.15) is 0 Å². The normalized spacial score (nSPS) is 13.3. The molecule has 0 aliphatic heterocycles. The summed E-state index contributed by atoms with van der Waals surface area (Å²) in [6.07, 6.45) is 1.23. The van der Waals surface area contributed by atoms with Crippen molar-refractivity contribution >= 4 is 10.9 Å². The molecule has 1 unspecified atom stereocenters.